The van der Waals surface area contributed by atoms with E-state index in [-0.39, 0.29) is 18.7 Å². The molecule has 0 saturated carbocycles. The SMILES string of the molecule is CC(C)C(=O)OCOSSc1ccccn1. The largest absolute Gasteiger partial charge is 0.437 e. The number of carbonyl (C=O) groups excluding carboxylic acids is 1. The van der Waals surface area contributed by atoms with E-state index < -0.39 is 0 Å². The first kappa shape index (κ1) is 13.3. The van der Waals surface area contributed by atoms with E-state index in [4.69, 9.17) is 8.92 Å². The molecule has 0 aromatic carbocycles. The summed E-state index contributed by atoms with van der Waals surface area (Å²) in [5, 5.41) is 0.850. The Morgan fingerprint density at radius 1 is 1.50 bits per heavy atom. The number of carbonyl (C=O) groups is 1. The minimum absolute atomic E-state index is 0.0402. The van der Waals surface area contributed by atoms with E-state index in [1.54, 1.807) is 20.0 Å². The first-order valence-electron chi connectivity index (χ1n) is 4.74. The van der Waals surface area contributed by atoms with Gasteiger partial charge >= 0.3 is 5.97 Å². The van der Waals surface area contributed by atoms with Gasteiger partial charge in [0.15, 0.2) is 0 Å². The third kappa shape index (κ3) is 5.39. The molecule has 0 aliphatic carbocycles. The Morgan fingerprint density at radius 3 is 2.94 bits per heavy atom. The number of hydrogen-bond donors (Lipinski definition) is 0. The van der Waals surface area contributed by atoms with Crippen LogP contribution in [0, 0.1) is 5.92 Å². The number of nitrogens with zero attached hydrogens (tertiary/aromatic N) is 1. The number of ether oxygens (including phenoxy) is 1. The second-order valence-electron chi connectivity index (χ2n) is 3.17. The molecule has 1 rings (SSSR count). The molecule has 88 valence electrons. The first-order chi connectivity index (χ1) is 7.70. The van der Waals surface area contributed by atoms with Crippen LogP contribution in [0.1, 0.15) is 13.8 Å². The van der Waals surface area contributed by atoms with Crippen molar-refractivity contribution in [1.29, 1.82) is 0 Å². The van der Waals surface area contributed by atoms with Crippen LogP contribution in [0.3, 0.4) is 0 Å². The molecule has 16 heavy (non-hydrogen) atoms. The van der Waals surface area contributed by atoms with Crippen LogP contribution in [0.25, 0.3) is 0 Å². The van der Waals surface area contributed by atoms with Crippen LogP contribution in [0.4, 0.5) is 0 Å². The summed E-state index contributed by atoms with van der Waals surface area (Å²) in [5.74, 6) is -0.388. The Bertz CT molecular complexity index is 319. The van der Waals surface area contributed by atoms with Gasteiger partial charge in [-0.1, -0.05) is 19.9 Å². The van der Waals surface area contributed by atoms with Crippen molar-refractivity contribution >= 4 is 27.8 Å². The predicted octanol–water partition coefficient (Wildman–Crippen LogP) is 2.91. The molecule has 0 aliphatic rings. The maximum absolute atomic E-state index is 11.0. The third-order valence-electron chi connectivity index (χ3n) is 1.53. The molecule has 0 bridgehead atoms. The Kier molecular flexibility index (Phi) is 6.29. The Labute approximate surface area is 103 Å². The molecular formula is C10H13NO3S2. The first-order valence-corrected chi connectivity index (χ1v) is 6.81. The predicted molar refractivity (Wildman–Crippen MR) is 64.6 cm³/mol. The van der Waals surface area contributed by atoms with Gasteiger partial charge in [-0.3, -0.25) is 8.98 Å². The van der Waals surface area contributed by atoms with Crippen LogP contribution in [-0.4, -0.2) is 17.7 Å². The number of aromatic nitrogens is 1. The van der Waals surface area contributed by atoms with Gasteiger partial charge in [0.05, 0.1) is 17.0 Å². The summed E-state index contributed by atoms with van der Waals surface area (Å²) in [6.45, 7) is 3.51. The van der Waals surface area contributed by atoms with Gasteiger partial charge in [0.2, 0.25) is 6.79 Å². The van der Waals surface area contributed by atoms with E-state index in [9.17, 15) is 4.79 Å². The van der Waals surface area contributed by atoms with Gasteiger partial charge in [-0.05, 0) is 22.9 Å². The molecule has 0 N–H and O–H groups in total. The van der Waals surface area contributed by atoms with Gasteiger partial charge in [0, 0.05) is 6.20 Å². The van der Waals surface area contributed by atoms with Gasteiger partial charge in [0.1, 0.15) is 5.03 Å². The molecule has 6 heteroatoms. The molecule has 0 saturated heterocycles. The van der Waals surface area contributed by atoms with E-state index in [2.05, 4.69) is 4.98 Å². The van der Waals surface area contributed by atoms with Crippen molar-refractivity contribution in [1.82, 2.24) is 4.98 Å². The van der Waals surface area contributed by atoms with Crippen LogP contribution >= 0.6 is 21.9 Å². The standard InChI is InChI=1S/C10H13NO3S2/c1-8(2)10(12)13-7-14-16-15-9-5-3-4-6-11-9/h3-6,8H,7H2,1-2H3. The zero-order valence-corrected chi connectivity index (χ0v) is 10.7. The van der Waals surface area contributed by atoms with Gasteiger partial charge in [-0.15, -0.1) is 0 Å². The van der Waals surface area contributed by atoms with Crippen molar-refractivity contribution in [2.75, 3.05) is 6.79 Å². The average molecular weight is 259 g/mol. The lowest BCUT2D eigenvalue weighted by Crippen LogP contribution is -2.12. The highest BCUT2D eigenvalue weighted by molar-refractivity contribution is 8.74. The summed E-state index contributed by atoms with van der Waals surface area (Å²) in [5.41, 5.74) is 0. The smallest absolute Gasteiger partial charge is 0.310 e. The third-order valence-corrected chi connectivity index (χ3v) is 3.20. The maximum Gasteiger partial charge on any atom is 0.310 e. The quantitative estimate of drug-likeness (QED) is 0.257. The topological polar surface area (TPSA) is 48.4 Å². The summed E-state index contributed by atoms with van der Waals surface area (Å²) in [7, 11) is 1.37. The highest BCUT2D eigenvalue weighted by Gasteiger charge is 2.07. The molecule has 1 aromatic heterocycles. The fourth-order valence-corrected chi connectivity index (χ4v) is 1.93. The van der Waals surface area contributed by atoms with E-state index in [1.165, 1.54) is 10.8 Å². The van der Waals surface area contributed by atoms with Crippen LogP contribution in [0.2, 0.25) is 0 Å². The van der Waals surface area contributed by atoms with Crippen LogP contribution < -0.4 is 0 Å². The minimum Gasteiger partial charge on any atom is -0.437 e. The lowest BCUT2D eigenvalue weighted by molar-refractivity contribution is -0.153. The highest BCUT2D eigenvalue weighted by atomic mass is 33.1. The zero-order valence-electron chi connectivity index (χ0n) is 9.08. The van der Waals surface area contributed by atoms with Gasteiger partial charge in [0.25, 0.3) is 0 Å². The molecule has 0 spiro atoms. The van der Waals surface area contributed by atoms with Crippen molar-refractivity contribution in [3.63, 3.8) is 0 Å². The molecule has 0 fully saturated rings. The Hall–Kier alpha value is -0.720. The van der Waals surface area contributed by atoms with E-state index in [0.717, 1.165) is 16.1 Å². The summed E-state index contributed by atoms with van der Waals surface area (Å²) in [6, 6.07) is 5.62. The normalized spacial score (nSPS) is 10.4. The number of hydrogen-bond acceptors (Lipinski definition) is 6. The molecule has 1 heterocycles. The number of pyridine rings is 1. The highest BCUT2D eigenvalue weighted by Crippen LogP contribution is 2.29. The summed E-state index contributed by atoms with van der Waals surface area (Å²) in [4.78, 5) is 15.1. The summed E-state index contributed by atoms with van der Waals surface area (Å²) < 4.78 is 9.88. The van der Waals surface area contributed by atoms with Crippen LogP contribution in [0.5, 0.6) is 0 Å². The van der Waals surface area contributed by atoms with Crippen molar-refractivity contribution in [2.45, 2.75) is 18.9 Å². The molecule has 0 amide bonds. The van der Waals surface area contributed by atoms with Crippen molar-refractivity contribution in [3.8, 4) is 0 Å². The number of rotatable bonds is 6. The van der Waals surface area contributed by atoms with E-state index in [0.29, 0.717) is 0 Å². The van der Waals surface area contributed by atoms with Crippen LogP contribution in [0.15, 0.2) is 29.4 Å². The molecule has 0 radical (unpaired) electrons. The minimum atomic E-state index is -0.261. The monoisotopic (exact) mass is 259 g/mol. The molecule has 0 aliphatic heterocycles. The molecule has 0 atom stereocenters. The van der Waals surface area contributed by atoms with E-state index in [1.807, 2.05) is 18.2 Å². The summed E-state index contributed by atoms with van der Waals surface area (Å²) in [6.07, 6.45) is 1.71. The van der Waals surface area contributed by atoms with Crippen LogP contribution in [-0.2, 0) is 13.7 Å². The fraction of sp³-hybridized carbons (Fsp3) is 0.400. The second-order valence-corrected chi connectivity index (χ2v) is 5.04. The molecule has 1 aromatic rings. The summed E-state index contributed by atoms with van der Waals surface area (Å²) >= 11 is 1.14. The molecule has 0 unspecified atom stereocenters. The lowest BCUT2D eigenvalue weighted by atomic mass is 10.2. The number of esters is 1. The van der Waals surface area contributed by atoms with Crippen molar-refractivity contribution in [2.24, 2.45) is 5.92 Å². The Morgan fingerprint density at radius 2 is 2.31 bits per heavy atom. The lowest BCUT2D eigenvalue weighted by Gasteiger charge is -2.05. The van der Waals surface area contributed by atoms with E-state index >= 15 is 0 Å². The Balaban J connectivity index is 2.07. The van der Waals surface area contributed by atoms with Gasteiger partial charge in [-0.2, -0.15) is 0 Å². The van der Waals surface area contributed by atoms with Gasteiger partial charge < -0.3 is 4.74 Å². The van der Waals surface area contributed by atoms with Gasteiger partial charge in [-0.25, -0.2) is 4.98 Å². The zero-order chi connectivity index (χ0) is 11.8. The maximum atomic E-state index is 11.0. The average Bonchev–Trinajstić information content (AvgIpc) is 2.29. The second kappa shape index (κ2) is 7.54. The van der Waals surface area contributed by atoms with Crippen molar-refractivity contribution in [3.05, 3.63) is 24.4 Å². The molecular weight excluding hydrogens is 246 g/mol. The fourth-order valence-electron chi connectivity index (χ4n) is 0.724. The van der Waals surface area contributed by atoms with Crippen molar-refractivity contribution < 1.29 is 13.7 Å². The molecule has 4 nitrogen and oxygen atoms in total.